The number of hydrogen-bond donors (Lipinski definition) is 2. The molecular weight excluding hydrogens is 391 g/mol. The first-order chi connectivity index (χ1) is 12.6. The average Bonchev–Trinajstić information content (AvgIpc) is 3.04. The van der Waals surface area contributed by atoms with Crippen molar-refractivity contribution in [2.45, 2.75) is 0 Å². The molecule has 8 nitrogen and oxygen atoms in total. The van der Waals surface area contributed by atoms with Gasteiger partial charge in [-0.15, -0.1) is 0 Å². The van der Waals surface area contributed by atoms with Crippen LogP contribution in [-0.2, 0) is 0 Å². The van der Waals surface area contributed by atoms with E-state index in [2.05, 4.69) is 15.4 Å². The van der Waals surface area contributed by atoms with E-state index in [0.717, 1.165) is 15.3 Å². The maximum Gasteiger partial charge on any atom is 0.673 e. The van der Waals surface area contributed by atoms with Crippen LogP contribution in [0.15, 0.2) is 48.5 Å². The lowest BCUT2D eigenvalue weighted by atomic mass is 10.3. The minimum Gasteiger partial charge on any atom is -0.418 e. The van der Waals surface area contributed by atoms with Crippen LogP contribution < -0.4 is 11.3 Å². The maximum absolute atomic E-state index is 10.1. The Morgan fingerprint density at radius 1 is 1.15 bits per heavy atom. The molecule has 0 aliphatic rings. The number of aromatic nitrogens is 1. The number of nitro benzene ring substituents is 1. The first-order valence-corrected chi connectivity index (χ1v) is 7.74. The monoisotopic (exact) mass is 402 g/mol. The fourth-order valence-corrected chi connectivity index (χ4v) is 2.35. The molecule has 142 valence electrons. The van der Waals surface area contributed by atoms with E-state index in [1.165, 1.54) is 24.3 Å². The molecule has 1 aromatic heterocycles. The Morgan fingerprint density at radius 3 is 2.15 bits per heavy atom. The molecule has 27 heavy (non-hydrogen) atoms. The molecule has 0 saturated heterocycles. The fourth-order valence-electron chi connectivity index (χ4n) is 1.57. The van der Waals surface area contributed by atoms with Crippen LogP contribution in [0, 0.1) is 15.5 Å². The van der Waals surface area contributed by atoms with Crippen LogP contribution in [-0.4, -0.2) is 17.2 Å². The number of diazo groups is 1. The number of nitrogens with zero attached hydrogens (tertiary/aromatic N) is 4. The minimum atomic E-state index is -6.00. The number of anilines is 1. The third-order valence-corrected chi connectivity index (χ3v) is 3.56. The molecule has 0 aliphatic carbocycles. The highest BCUT2D eigenvalue weighted by molar-refractivity contribution is 7.22. The van der Waals surface area contributed by atoms with Crippen LogP contribution in [0.3, 0.4) is 0 Å². The van der Waals surface area contributed by atoms with E-state index in [-0.39, 0.29) is 5.69 Å². The van der Waals surface area contributed by atoms with Gasteiger partial charge in [0.15, 0.2) is 10.1 Å². The number of nitrogens with one attached hydrogen (secondary N) is 1. The molecule has 3 N–H and O–H groups in total. The highest BCUT2D eigenvalue weighted by atomic mass is 32.1. The number of fused-ring (bicyclic) bond motifs is 1. The summed E-state index contributed by atoms with van der Waals surface area (Å²) in [5.41, 5.74) is 3.80. The SMILES string of the molecule is F[B-](F)(F)F.N#[N+]c1ccc([N+](=O)[O-])cc1.NNc1nc2ccccc2s1. The maximum atomic E-state index is 10.1. The molecule has 0 unspecified atom stereocenters. The van der Waals surface area contributed by atoms with E-state index in [1.807, 2.05) is 24.3 Å². The normalized spacial score (nSPS) is 9.93. The zero-order chi connectivity index (χ0) is 20.4. The number of hydrazine groups is 1. The number of benzene rings is 2. The molecule has 2 aromatic carbocycles. The summed E-state index contributed by atoms with van der Waals surface area (Å²) in [4.78, 5) is 16.7. The van der Waals surface area contributed by atoms with Gasteiger partial charge in [-0.05, 0) is 12.1 Å². The molecule has 0 spiro atoms. The van der Waals surface area contributed by atoms with E-state index < -0.39 is 12.2 Å². The molecular formula is C13H11BF4N6O2S. The lowest BCUT2D eigenvalue weighted by molar-refractivity contribution is -0.384. The van der Waals surface area contributed by atoms with Gasteiger partial charge in [0.05, 0.1) is 15.1 Å². The van der Waals surface area contributed by atoms with Gasteiger partial charge in [0.1, 0.15) is 0 Å². The third-order valence-electron chi connectivity index (χ3n) is 2.59. The highest BCUT2D eigenvalue weighted by Crippen LogP contribution is 2.24. The van der Waals surface area contributed by atoms with Crippen molar-refractivity contribution in [2.75, 3.05) is 5.43 Å². The predicted molar refractivity (Wildman–Crippen MR) is 95.5 cm³/mol. The van der Waals surface area contributed by atoms with Crippen LogP contribution in [0.1, 0.15) is 0 Å². The van der Waals surface area contributed by atoms with E-state index in [9.17, 15) is 27.4 Å². The zero-order valence-electron chi connectivity index (χ0n) is 13.3. The van der Waals surface area contributed by atoms with Crippen molar-refractivity contribution in [3.05, 3.63) is 63.6 Å². The van der Waals surface area contributed by atoms with Crippen LogP contribution in [0.2, 0.25) is 0 Å². The first-order valence-electron chi connectivity index (χ1n) is 6.93. The van der Waals surface area contributed by atoms with Gasteiger partial charge < -0.3 is 17.3 Å². The smallest absolute Gasteiger partial charge is 0.418 e. The van der Waals surface area contributed by atoms with Crippen LogP contribution in [0.25, 0.3) is 15.2 Å². The second kappa shape index (κ2) is 9.99. The number of rotatable bonds is 2. The molecule has 0 aliphatic heterocycles. The zero-order valence-corrected chi connectivity index (χ0v) is 14.1. The second-order valence-corrected chi connectivity index (χ2v) is 5.53. The number of nitrogens with two attached hydrogens (primary N) is 1. The largest absolute Gasteiger partial charge is 0.673 e. The molecule has 3 aromatic rings. The summed E-state index contributed by atoms with van der Waals surface area (Å²) in [7, 11) is -6.00. The number of nitrogen functional groups attached to an aromatic ring is 1. The van der Waals surface area contributed by atoms with E-state index >= 15 is 0 Å². The topological polar surface area (TPSA) is 122 Å². The van der Waals surface area contributed by atoms with Gasteiger partial charge in [0.2, 0.25) is 5.39 Å². The highest BCUT2D eigenvalue weighted by Gasteiger charge is 2.20. The van der Waals surface area contributed by atoms with Gasteiger partial charge in [-0.25, -0.2) is 10.8 Å². The van der Waals surface area contributed by atoms with Crippen molar-refractivity contribution in [3.63, 3.8) is 0 Å². The quantitative estimate of drug-likeness (QED) is 0.156. The van der Waals surface area contributed by atoms with E-state index in [1.54, 1.807) is 11.3 Å². The molecule has 0 amide bonds. The number of thiazole rings is 1. The molecule has 0 saturated carbocycles. The second-order valence-electron chi connectivity index (χ2n) is 4.50. The Balaban J connectivity index is 0.000000219. The van der Waals surface area contributed by atoms with Crippen LogP contribution >= 0.6 is 11.3 Å². The summed E-state index contributed by atoms with van der Waals surface area (Å²) in [6, 6.07) is 13.2. The van der Waals surface area contributed by atoms with Gasteiger partial charge in [0.25, 0.3) is 5.69 Å². The summed E-state index contributed by atoms with van der Waals surface area (Å²) in [6.45, 7) is 0. The predicted octanol–water partition coefficient (Wildman–Crippen LogP) is 4.96. The number of hydrogen-bond acceptors (Lipinski definition) is 7. The summed E-state index contributed by atoms with van der Waals surface area (Å²) >= 11 is 1.55. The summed E-state index contributed by atoms with van der Waals surface area (Å²) in [6.07, 6.45) is 0. The van der Waals surface area contributed by atoms with Gasteiger partial charge >= 0.3 is 12.9 Å². The Morgan fingerprint density at radius 2 is 1.70 bits per heavy atom. The fraction of sp³-hybridized carbons (Fsp3) is 0. The Labute approximate surface area is 153 Å². The van der Waals surface area contributed by atoms with Crippen molar-refractivity contribution in [1.82, 2.24) is 4.98 Å². The number of nitro groups is 1. The molecule has 0 fully saturated rings. The number of para-hydroxylation sites is 1. The molecule has 0 bridgehead atoms. The molecule has 14 heteroatoms. The lowest BCUT2D eigenvalue weighted by Gasteiger charge is -1.94. The Kier molecular flexibility index (Phi) is 8.04. The summed E-state index contributed by atoms with van der Waals surface area (Å²) in [5.74, 6) is 5.21. The Bertz CT molecular complexity index is 890. The van der Waals surface area contributed by atoms with Gasteiger partial charge in [-0.3, -0.25) is 15.5 Å². The van der Waals surface area contributed by atoms with Gasteiger partial charge in [-0.2, -0.15) is 0 Å². The number of non-ortho nitro benzene ring substituents is 1. The molecule has 0 atom stereocenters. The summed E-state index contributed by atoms with van der Waals surface area (Å²) in [5, 5.41) is 19.1. The average molecular weight is 402 g/mol. The van der Waals surface area contributed by atoms with Gasteiger partial charge in [-0.1, -0.05) is 23.5 Å². The van der Waals surface area contributed by atoms with Crippen LogP contribution in [0.5, 0.6) is 0 Å². The summed E-state index contributed by atoms with van der Waals surface area (Å²) < 4.78 is 40.2. The first kappa shape index (κ1) is 21.7. The van der Waals surface area contributed by atoms with Crippen molar-refractivity contribution < 1.29 is 22.2 Å². The Hall–Kier alpha value is -3.31. The standard InChI is InChI=1S/C7H7N3S.C6H4N3O2.BF4/c8-10-7-9-5-3-1-2-4-6(5)11-7;7-8-5-1-3-6(4-2-5)9(10)11;2-1(3,4)5/h1-4H,8H2,(H,9,10);1-4H;/q;+1;-1. The molecule has 1 heterocycles. The number of halogens is 4. The van der Waals surface area contributed by atoms with E-state index in [0.29, 0.717) is 5.69 Å². The third kappa shape index (κ3) is 8.56. The van der Waals surface area contributed by atoms with Crippen molar-refractivity contribution in [1.29, 1.82) is 5.39 Å². The van der Waals surface area contributed by atoms with Gasteiger partial charge in [0, 0.05) is 24.3 Å². The van der Waals surface area contributed by atoms with Crippen LogP contribution in [0.4, 0.5) is 33.8 Å². The van der Waals surface area contributed by atoms with Crippen molar-refractivity contribution >= 4 is 45.3 Å². The minimum absolute atomic E-state index is 0.0163. The molecule has 0 radical (unpaired) electrons. The van der Waals surface area contributed by atoms with E-state index in [4.69, 9.17) is 11.2 Å². The van der Waals surface area contributed by atoms with Crippen molar-refractivity contribution in [2.24, 2.45) is 5.84 Å². The van der Waals surface area contributed by atoms with Crippen molar-refractivity contribution in [3.8, 4) is 0 Å². The lowest BCUT2D eigenvalue weighted by Crippen LogP contribution is -2.05. The molecule has 3 rings (SSSR count).